The van der Waals surface area contributed by atoms with Crippen LogP contribution in [-0.2, 0) is 6.42 Å². The summed E-state index contributed by atoms with van der Waals surface area (Å²) in [5, 5.41) is 1.95. The largest absolute Gasteiger partial charge is 0.361 e. The maximum absolute atomic E-state index is 6.09. The summed E-state index contributed by atoms with van der Waals surface area (Å²) in [5.41, 5.74) is 8.46. The number of H-pyrrole nitrogens is 1. The van der Waals surface area contributed by atoms with Crippen LogP contribution in [0.4, 0.5) is 0 Å². The smallest absolute Gasteiger partial charge is 0.0457 e. The number of nitrogens with two attached hydrogens (primary N) is 1. The van der Waals surface area contributed by atoms with Crippen molar-refractivity contribution in [3.05, 3.63) is 35.0 Å². The summed E-state index contributed by atoms with van der Waals surface area (Å²) < 4.78 is 0. The summed E-state index contributed by atoms with van der Waals surface area (Å²) in [4.78, 5) is 3.25. The Morgan fingerprint density at radius 3 is 2.81 bits per heavy atom. The minimum Gasteiger partial charge on any atom is -0.361 e. The Morgan fingerprint density at radius 2 is 2.12 bits per heavy atom. The maximum atomic E-state index is 6.09. The number of nitrogens with one attached hydrogen (secondary N) is 1. The molecule has 3 heteroatoms. The standard InChI is InChI=1S/C13H17ClN2/c1-8(2)12(15)5-9-7-16-13-4-3-10(14)6-11(9)13/h3-4,6-8,12,16H,5,15H2,1-2H3. The highest BCUT2D eigenvalue weighted by Crippen LogP contribution is 2.23. The number of rotatable bonds is 3. The summed E-state index contributed by atoms with van der Waals surface area (Å²) in [6.45, 7) is 4.29. The van der Waals surface area contributed by atoms with Crippen LogP contribution in [0.1, 0.15) is 19.4 Å². The Labute approximate surface area is 101 Å². The summed E-state index contributed by atoms with van der Waals surface area (Å²) >= 11 is 6.00. The Bertz CT molecular complexity index is 488. The van der Waals surface area contributed by atoms with E-state index < -0.39 is 0 Å². The number of aromatic nitrogens is 1. The summed E-state index contributed by atoms with van der Waals surface area (Å²) in [6.07, 6.45) is 2.92. The van der Waals surface area contributed by atoms with E-state index >= 15 is 0 Å². The lowest BCUT2D eigenvalue weighted by atomic mass is 9.97. The van der Waals surface area contributed by atoms with Gasteiger partial charge in [0.05, 0.1) is 0 Å². The van der Waals surface area contributed by atoms with Crippen LogP contribution >= 0.6 is 11.6 Å². The summed E-state index contributed by atoms with van der Waals surface area (Å²) in [6, 6.07) is 6.09. The van der Waals surface area contributed by atoms with Gasteiger partial charge in [-0.1, -0.05) is 25.4 Å². The van der Waals surface area contributed by atoms with Crippen molar-refractivity contribution in [3.63, 3.8) is 0 Å². The van der Waals surface area contributed by atoms with Crippen molar-refractivity contribution in [1.82, 2.24) is 4.98 Å². The SMILES string of the molecule is CC(C)C(N)Cc1c[nH]c2ccc(Cl)cc12. The van der Waals surface area contributed by atoms with Gasteiger partial charge in [-0.3, -0.25) is 0 Å². The molecular weight excluding hydrogens is 220 g/mol. The number of fused-ring (bicyclic) bond motifs is 1. The molecule has 0 aliphatic heterocycles. The zero-order valence-corrected chi connectivity index (χ0v) is 10.4. The molecule has 16 heavy (non-hydrogen) atoms. The van der Waals surface area contributed by atoms with Crippen LogP contribution in [0.15, 0.2) is 24.4 Å². The Balaban J connectivity index is 2.34. The van der Waals surface area contributed by atoms with E-state index in [0.29, 0.717) is 5.92 Å². The van der Waals surface area contributed by atoms with Crippen LogP contribution in [0.3, 0.4) is 0 Å². The van der Waals surface area contributed by atoms with Crippen molar-refractivity contribution in [3.8, 4) is 0 Å². The number of aromatic amines is 1. The zero-order chi connectivity index (χ0) is 11.7. The van der Waals surface area contributed by atoms with Gasteiger partial charge >= 0.3 is 0 Å². The van der Waals surface area contributed by atoms with Crippen LogP contribution in [0, 0.1) is 5.92 Å². The van der Waals surface area contributed by atoms with Gasteiger partial charge in [-0.05, 0) is 36.1 Å². The fraction of sp³-hybridized carbons (Fsp3) is 0.385. The summed E-state index contributed by atoms with van der Waals surface area (Å²) in [7, 11) is 0. The van der Waals surface area contributed by atoms with Crippen LogP contribution in [-0.4, -0.2) is 11.0 Å². The Kier molecular flexibility index (Phi) is 3.22. The minimum absolute atomic E-state index is 0.193. The van der Waals surface area contributed by atoms with E-state index in [1.165, 1.54) is 10.9 Å². The van der Waals surface area contributed by atoms with Gasteiger partial charge in [0, 0.05) is 28.2 Å². The van der Waals surface area contributed by atoms with Gasteiger partial charge in [-0.25, -0.2) is 0 Å². The van der Waals surface area contributed by atoms with Gasteiger partial charge in [0.2, 0.25) is 0 Å². The molecule has 1 heterocycles. The lowest BCUT2D eigenvalue weighted by molar-refractivity contribution is 0.491. The second-order valence-corrected chi connectivity index (χ2v) is 5.05. The Morgan fingerprint density at radius 1 is 1.38 bits per heavy atom. The molecule has 0 amide bonds. The molecule has 1 unspecified atom stereocenters. The van der Waals surface area contributed by atoms with E-state index in [4.69, 9.17) is 17.3 Å². The lowest BCUT2D eigenvalue weighted by Gasteiger charge is -2.14. The number of halogens is 1. The average Bonchev–Trinajstić information content (AvgIpc) is 2.61. The number of hydrogen-bond donors (Lipinski definition) is 2. The molecule has 3 N–H and O–H groups in total. The molecule has 86 valence electrons. The first-order valence-electron chi connectivity index (χ1n) is 5.59. The van der Waals surface area contributed by atoms with Crippen LogP contribution < -0.4 is 5.73 Å². The fourth-order valence-corrected chi connectivity index (χ4v) is 1.98. The number of benzene rings is 1. The molecule has 2 nitrogen and oxygen atoms in total. The first-order chi connectivity index (χ1) is 7.58. The highest BCUT2D eigenvalue weighted by Gasteiger charge is 2.11. The molecule has 2 rings (SSSR count). The van der Waals surface area contributed by atoms with E-state index in [1.54, 1.807) is 0 Å². The monoisotopic (exact) mass is 236 g/mol. The molecule has 0 fully saturated rings. The first-order valence-corrected chi connectivity index (χ1v) is 5.97. The van der Waals surface area contributed by atoms with Gasteiger partial charge < -0.3 is 10.7 Å². The van der Waals surface area contributed by atoms with Crippen molar-refractivity contribution in [2.45, 2.75) is 26.3 Å². The van der Waals surface area contributed by atoms with E-state index in [0.717, 1.165) is 17.0 Å². The predicted molar refractivity (Wildman–Crippen MR) is 69.8 cm³/mol. The second-order valence-electron chi connectivity index (χ2n) is 4.62. The molecule has 0 saturated carbocycles. The molecule has 1 aromatic carbocycles. The highest BCUT2D eigenvalue weighted by molar-refractivity contribution is 6.31. The van der Waals surface area contributed by atoms with E-state index in [-0.39, 0.29) is 6.04 Å². The third-order valence-electron chi connectivity index (χ3n) is 3.04. The van der Waals surface area contributed by atoms with Gasteiger partial charge in [0.25, 0.3) is 0 Å². The molecule has 0 radical (unpaired) electrons. The van der Waals surface area contributed by atoms with Crippen molar-refractivity contribution in [1.29, 1.82) is 0 Å². The van der Waals surface area contributed by atoms with Crippen molar-refractivity contribution in [2.24, 2.45) is 11.7 Å². The normalized spacial score (nSPS) is 13.6. The first kappa shape index (κ1) is 11.5. The highest BCUT2D eigenvalue weighted by atomic mass is 35.5. The van der Waals surface area contributed by atoms with Gasteiger partial charge in [0.1, 0.15) is 0 Å². The summed E-state index contributed by atoms with van der Waals surface area (Å²) in [5.74, 6) is 0.490. The molecule has 2 aromatic rings. The Hall–Kier alpha value is -0.990. The topological polar surface area (TPSA) is 41.8 Å². The third kappa shape index (κ3) is 2.23. The average molecular weight is 237 g/mol. The third-order valence-corrected chi connectivity index (χ3v) is 3.28. The molecule has 0 aliphatic rings. The quantitative estimate of drug-likeness (QED) is 0.843. The minimum atomic E-state index is 0.193. The maximum Gasteiger partial charge on any atom is 0.0457 e. The van der Waals surface area contributed by atoms with Crippen LogP contribution in [0.25, 0.3) is 10.9 Å². The van der Waals surface area contributed by atoms with Crippen LogP contribution in [0.5, 0.6) is 0 Å². The van der Waals surface area contributed by atoms with Crippen molar-refractivity contribution >= 4 is 22.5 Å². The molecule has 0 spiro atoms. The van der Waals surface area contributed by atoms with E-state index in [1.807, 2.05) is 24.4 Å². The second kappa shape index (κ2) is 4.48. The van der Waals surface area contributed by atoms with Gasteiger partial charge in [-0.15, -0.1) is 0 Å². The van der Waals surface area contributed by atoms with Gasteiger partial charge in [0.15, 0.2) is 0 Å². The zero-order valence-electron chi connectivity index (χ0n) is 9.63. The molecule has 1 atom stereocenters. The molecular formula is C13H17ClN2. The molecule has 0 aliphatic carbocycles. The van der Waals surface area contributed by atoms with E-state index in [2.05, 4.69) is 18.8 Å². The van der Waals surface area contributed by atoms with E-state index in [9.17, 15) is 0 Å². The van der Waals surface area contributed by atoms with Gasteiger partial charge in [-0.2, -0.15) is 0 Å². The molecule has 0 saturated heterocycles. The van der Waals surface area contributed by atoms with Crippen LogP contribution in [0.2, 0.25) is 5.02 Å². The number of hydrogen-bond acceptors (Lipinski definition) is 1. The molecule has 0 bridgehead atoms. The van der Waals surface area contributed by atoms with Crippen molar-refractivity contribution in [2.75, 3.05) is 0 Å². The fourth-order valence-electron chi connectivity index (χ4n) is 1.81. The van der Waals surface area contributed by atoms with Crippen molar-refractivity contribution < 1.29 is 0 Å². The lowest BCUT2D eigenvalue weighted by Crippen LogP contribution is -2.28. The molecule has 1 aromatic heterocycles. The predicted octanol–water partition coefficient (Wildman–Crippen LogP) is 3.35.